The highest BCUT2D eigenvalue weighted by Gasteiger charge is 2.25. The zero-order valence-electron chi connectivity index (χ0n) is 11.8. The first kappa shape index (κ1) is 13.3. The van der Waals surface area contributed by atoms with Crippen LogP contribution in [-0.2, 0) is 0 Å². The number of rotatable bonds is 2. The number of aromatic nitrogens is 4. The second kappa shape index (κ2) is 5.11. The second-order valence-corrected chi connectivity index (χ2v) is 5.91. The highest BCUT2D eigenvalue weighted by molar-refractivity contribution is 7.80. The molecule has 3 aromatic rings. The lowest BCUT2D eigenvalue weighted by Gasteiger charge is -2.27. The first-order valence-electron chi connectivity index (χ1n) is 7.19. The Bertz CT molecular complexity index is 905. The maximum atomic E-state index is 9.40. The number of thiol groups is 1. The molecule has 1 fully saturated rings. The van der Waals surface area contributed by atoms with Crippen LogP contribution >= 0.6 is 12.6 Å². The maximum absolute atomic E-state index is 9.40. The van der Waals surface area contributed by atoms with E-state index in [2.05, 4.69) is 33.6 Å². The van der Waals surface area contributed by atoms with Gasteiger partial charge in [0.2, 0.25) is 0 Å². The van der Waals surface area contributed by atoms with Crippen molar-refractivity contribution in [2.75, 3.05) is 0 Å². The standard InChI is InChI=1S/C16H13N5S/c17-7-12-11(10-2-1-3-10)6-13(20-16(12)22)14-8-19-15-9-18-4-5-21(14)15/h4-6,8-10H,1-3H2,(H,20,22). The average molecular weight is 307 g/mol. The number of nitrogens with zero attached hydrogens (tertiary/aromatic N) is 5. The third-order valence-corrected chi connectivity index (χ3v) is 4.59. The van der Waals surface area contributed by atoms with Gasteiger partial charge in [-0.15, -0.1) is 12.6 Å². The number of imidazole rings is 1. The molecule has 0 spiro atoms. The highest BCUT2D eigenvalue weighted by atomic mass is 32.1. The molecule has 0 N–H and O–H groups in total. The fraction of sp³-hybridized carbons (Fsp3) is 0.250. The van der Waals surface area contributed by atoms with Crippen molar-refractivity contribution in [2.24, 2.45) is 0 Å². The smallest absolute Gasteiger partial charge is 0.155 e. The molecule has 0 unspecified atom stereocenters. The van der Waals surface area contributed by atoms with E-state index in [0.717, 1.165) is 35.4 Å². The molecule has 5 nitrogen and oxygen atoms in total. The summed E-state index contributed by atoms with van der Waals surface area (Å²) in [7, 11) is 0. The van der Waals surface area contributed by atoms with E-state index in [9.17, 15) is 5.26 Å². The molecular weight excluding hydrogens is 294 g/mol. The first-order chi connectivity index (χ1) is 10.8. The fourth-order valence-electron chi connectivity index (χ4n) is 2.87. The zero-order chi connectivity index (χ0) is 15.1. The van der Waals surface area contributed by atoms with Crippen LogP contribution in [-0.4, -0.2) is 19.4 Å². The Hall–Kier alpha value is -2.39. The van der Waals surface area contributed by atoms with Gasteiger partial charge in [-0.2, -0.15) is 5.26 Å². The Morgan fingerprint density at radius 2 is 2.18 bits per heavy atom. The Morgan fingerprint density at radius 3 is 2.91 bits per heavy atom. The van der Waals surface area contributed by atoms with Gasteiger partial charge < -0.3 is 0 Å². The largest absolute Gasteiger partial charge is 0.295 e. The fourth-order valence-corrected chi connectivity index (χ4v) is 3.16. The summed E-state index contributed by atoms with van der Waals surface area (Å²) in [5.41, 5.74) is 4.12. The highest BCUT2D eigenvalue weighted by Crippen LogP contribution is 2.40. The van der Waals surface area contributed by atoms with Crippen molar-refractivity contribution in [1.29, 1.82) is 5.26 Å². The lowest BCUT2D eigenvalue weighted by Crippen LogP contribution is -2.12. The van der Waals surface area contributed by atoms with Gasteiger partial charge in [-0.25, -0.2) is 9.97 Å². The molecular formula is C16H13N5S. The molecule has 0 saturated heterocycles. The Balaban J connectivity index is 1.92. The topological polar surface area (TPSA) is 66.9 Å². The van der Waals surface area contributed by atoms with Gasteiger partial charge in [-0.3, -0.25) is 9.38 Å². The summed E-state index contributed by atoms with van der Waals surface area (Å²) in [6.45, 7) is 0. The van der Waals surface area contributed by atoms with E-state index in [4.69, 9.17) is 0 Å². The van der Waals surface area contributed by atoms with Crippen molar-refractivity contribution in [2.45, 2.75) is 30.2 Å². The van der Waals surface area contributed by atoms with Gasteiger partial charge in [0.25, 0.3) is 0 Å². The third-order valence-electron chi connectivity index (χ3n) is 4.27. The van der Waals surface area contributed by atoms with Crippen molar-refractivity contribution in [3.8, 4) is 17.5 Å². The van der Waals surface area contributed by atoms with Crippen molar-refractivity contribution < 1.29 is 0 Å². The summed E-state index contributed by atoms with van der Waals surface area (Å²) < 4.78 is 1.94. The molecule has 0 aliphatic heterocycles. The summed E-state index contributed by atoms with van der Waals surface area (Å²) in [6.07, 6.45) is 10.5. The molecule has 0 radical (unpaired) electrons. The minimum Gasteiger partial charge on any atom is -0.295 e. The third kappa shape index (κ3) is 1.97. The van der Waals surface area contributed by atoms with Crippen LogP contribution in [0.15, 0.2) is 35.9 Å². The van der Waals surface area contributed by atoms with Gasteiger partial charge in [-0.1, -0.05) is 6.42 Å². The van der Waals surface area contributed by atoms with Crippen LogP contribution in [0.1, 0.15) is 36.3 Å². The zero-order valence-corrected chi connectivity index (χ0v) is 12.7. The number of pyridine rings is 1. The van der Waals surface area contributed by atoms with E-state index in [1.165, 1.54) is 6.42 Å². The molecule has 3 heterocycles. The number of nitriles is 1. The minimum atomic E-state index is 0.447. The molecule has 108 valence electrons. The molecule has 0 amide bonds. The van der Waals surface area contributed by atoms with Gasteiger partial charge in [0, 0.05) is 12.4 Å². The summed E-state index contributed by atoms with van der Waals surface area (Å²) in [5, 5.41) is 9.89. The van der Waals surface area contributed by atoms with Gasteiger partial charge in [-0.05, 0) is 30.4 Å². The molecule has 22 heavy (non-hydrogen) atoms. The van der Waals surface area contributed by atoms with Gasteiger partial charge >= 0.3 is 0 Å². The molecule has 6 heteroatoms. The molecule has 0 aromatic carbocycles. The monoisotopic (exact) mass is 307 g/mol. The molecule has 1 saturated carbocycles. The van der Waals surface area contributed by atoms with Crippen LogP contribution in [0.3, 0.4) is 0 Å². The number of fused-ring (bicyclic) bond motifs is 1. The van der Waals surface area contributed by atoms with Crippen LogP contribution in [0.2, 0.25) is 0 Å². The molecule has 1 aliphatic carbocycles. The average Bonchev–Trinajstić information content (AvgIpc) is 2.89. The van der Waals surface area contributed by atoms with E-state index in [1.807, 2.05) is 16.7 Å². The van der Waals surface area contributed by atoms with Gasteiger partial charge in [0.1, 0.15) is 11.1 Å². The summed E-state index contributed by atoms with van der Waals surface area (Å²) in [6, 6.07) is 4.27. The van der Waals surface area contributed by atoms with E-state index >= 15 is 0 Å². The van der Waals surface area contributed by atoms with Crippen LogP contribution in [0, 0.1) is 11.3 Å². The van der Waals surface area contributed by atoms with Gasteiger partial charge in [0.05, 0.1) is 29.3 Å². The summed E-state index contributed by atoms with van der Waals surface area (Å²) in [4.78, 5) is 12.9. The van der Waals surface area contributed by atoms with E-state index in [-0.39, 0.29) is 0 Å². The Morgan fingerprint density at radius 1 is 1.32 bits per heavy atom. The van der Waals surface area contributed by atoms with Crippen LogP contribution in [0.5, 0.6) is 0 Å². The quantitative estimate of drug-likeness (QED) is 0.738. The number of hydrogen-bond acceptors (Lipinski definition) is 5. The van der Waals surface area contributed by atoms with Crippen LogP contribution in [0.25, 0.3) is 17.0 Å². The Kier molecular flexibility index (Phi) is 3.09. The van der Waals surface area contributed by atoms with Crippen molar-refractivity contribution in [3.05, 3.63) is 42.0 Å². The summed E-state index contributed by atoms with van der Waals surface area (Å²) >= 11 is 4.42. The van der Waals surface area contributed by atoms with Crippen molar-refractivity contribution >= 4 is 18.3 Å². The first-order valence-corrected chi connectivity index (χ1v) is 7.64. The van der Waals surface area contributed by atoms with E-state index in [1.54, 1.807) is 18.6 Å². The molecule has 0 atom stereocenters. The van der Waals surface area contributed by atoms with Crippen LogP contribution < -0.4 is 0 Å². The lowest BCUT2D eigenvalue weighted by atomic mass is 9.78. The summed E-state index contributed by atoms with van der Waals surface area (Å²) in [5.74, 6) is 0.447. The second-order valence-electron chi connectivity index (χ2n) is 5.48. The number of hydrogen-bond donors (Lipinski definition) is 1. The molecule has 0 bridgehead atoms. The predicted octanol–water partition coefficient (Wildman–Crippen LogP) is 3.22. The Labute approximate surface area is 133 Å². The normalized spacial score (nSPS) is 14.7. The van der Waals surface area contributed by atoms with Crippen molar-refractivity contribution in [1.82, 2.24) is 19.4 Å². The lowest BCUT2D eigenvalue weighted by molar-refractivity contribution is 0.418. The van der Waals surface area contributed by atoms with E-state index < -0.39 is 0 Å². The SMILES string of the molecule is N#Cc1c(C2CCC2)cc(-c2cnc3cnccn23)nc1S. The van der Waals surface area contributed by atoms with Crippen LogP contribution in [0.4, 0.5) is 0 Å². The maximum Gasteiger partial charge on any atom is 0.155 e. The van der Waals surface area contributed by atoms with Gasteiger partial charge in [0.15, 0.2) is 5.65 Å². The molecule has 3 aromatic heterocycles. The van der Waals surface area contributed by atoms with Crippen molar-refractivity contribution in [3.63, 3.8) is 0 Å². The molecule has 4 rings (SSSR count). The predicted molar refractivity (Wildman–Crippen MR) is 84.8 cm³/mol. The van der Waals surface area contributed by atoms with E-state index in [0.29, 0.717) is 16.5 Å². The molecule has 1 aliphatic rings. The minimum absolute atomic E-state index is 0.447.